The number of anilines is 2. The first-order valence-corrected chi connectivity index (χ1v) is 10.0. The van der Waals surface area contributed by atoms with E-state index in [1.165, 1.54) is 0 Å². The normalized spacial score (nSPS) is 13.9. The molecule has 0 aliphatic carbocycles. The second-order valence-corrected chi connectivity index (χ2v) is 7.88. The maximum Gasteiger partial charge on any atom is 0.322 e. The van der Waals surface area contributed by atoms with Gasteiger partial charge in [-0.1, -0.05) is 41.4 Å². The lowest BCUT2D eigenvalue weighted by atomic mass is 10.2. The van der Waals surface area contributed by atoms with Gasteiger partial charge in [0, 0.05) is 25.6 Å². The van der Waals surface area contributed by atoms with Crippen LogP contribution in [-0.4, -0.2) is 29.4 Å². The summed E-state index contributed by atoms with van der Waals surface area (Å²) in [6, 6.07) is 12.5. The molecule has 1 fully saturated rings. The molecule has 1 aliphatic rings. The second-order valence-electron chi connectivity index (χ2n) is 7.07. The number of halogens is 2. The Morgan fingerprint density at radius 1 is 1.18 bits per heavy atom. The summed E-state index contributed by atoms with van der Waals surface area (Å²) in [5, 5.41) is 3.91. The van der Waals surface area contributed by atoms with Gasteiger partial charge in [-0.05, 0) is 50.1 Å². The van der Waals surface area contributed by atoms with Crippen molar-refractivity contribution in [3.8, 4) is 0 Å². The average Bonchev–Trinajstić information content (AvgIpc) is 3.08. The molecule has 2 aromatic rings. The standard InChI is InChI=1S/C21H23Cl2N3O2/c1-14(2)26(13-15-9-10-16(22)17(23)12-15)21(28)24-18-6-3-4-7-19(18)25-11-5-8-20(25)27/h3-4,6-7,9-10,12,14H,5,8,11,13H2,1-2H3,(H,24,28). The quantitative estimate of drug-likeness (QED) is 0.688. The largest absolute Gasteiger partial charge is 0.322 e. The van der Waals surface area contributed by atoms with Crippen LogP contribution in [0.4, 0.5) is 16.2 Å². The lowest BCUT2D eigenvalue weighted by Gasteiger charge is -2.28. The smallest absolute Gasteiger partial charge is 0.318 e. The number of rotatable bonds is 5. The molecule has 0 aromatic heterocycles. The van der Waals surface area contributed by atoms with E-state index < -0.39 is 0 Å². The van der Waals surface area contributed by atoms with E-state index in [2.05, 4.69) is 5.32 Å². The van der Waals surface area contributed by atoms with Crippen molar-refractivity contribution in [3.63, 3.8) is 0 Å². The van der Waals surface area contributed by atoms with Crippen LogP contribution in [0.15, 0.2) is 42.5 Å². The van der Waals surface area contributed by atoms with Crippen molar-refractivity contribution in [2.45, 2.75) is 39.3 Å². The van der Waals surface area contributed by atoms with E-state index in [0.717, 1.165) is 17.7 Å². The number of urea groups is 1. The van der Waals surface area contributed by atoms with Gasteiger partial charge >= 0.3 is 6.03 Å². The molecule has 28 heavy (non-hydrogen) atoms. The molecule has 7 heteroatoms. The third-order valence-electron chi connectivity index (χ3n) is 4.73. The Bertz CT molecular complexity index is 886. The van der Waals surface area contributed by atoms with Crippen LogP contribution in [0.25, 0.3) is 0 Å². The number of benzene rings is 2. The fourth-order valence-electron chi connectivity index (χ4n) is 3.23. The van der Waals surface area contributed by atoms with Crippen molar-refractivity contribution in [1.82, 2.24) is 4.90 Å². The third-order valence-corrected chi connectivity index (χ3v) is 5.47. The molecule has 1 saturated heterocycles. The van der Waals surface area contributed by atoms with Crippen molar-refractivity contribution in [2.75, 3.05) is 16.8 Å². The van der Waals surface area contributed by atoms with Gasteiger partial charge in [0.05, 0.1) is 21.4 Å². The molecular formula is C21H23Cl2N3O2. The van der Waals surface area contributed by atoms with Crippen LogP contribution in [0.2, 0.25) is 10.0 Å². The first kappa shape index (κ1) is 20.5. The minimum absolute atomic E-state index is 0.0324. The number of hydrogen-bond donors (Lipinski definition) is 1. The monoisotopic (exact) mass is 419 g/mol. The fraction of sp³-hybridized carbons (Fsp3) is 0.333. The summed E-state index contributed by atoms with van der Waals surface area (Å²) in [6.45, 7) is 4.97. The molecule has 0 saturated carbocycles. The van der Waals surface area contributed by atoms with Crippen LogP contribution in [0.1, 0.15) is 32.3 Å². The topological polar surface area (TPSA) is 52.7 Å². The van der Waals surface area contributed by atoms with Crippen LogP contribution in [0.5, 0.6) is 0 Å². The number of para-hydroxylation sites is 2. The zero-order valence-corrected chi connectivity index (χ0v) is 17.4. The van der Waals surface area contributed by atoms with Crippen LogP contribution < -0.4 is 10.2 Å². The van der Waals surface area contributed by atoms with Crippen LogP contribution in [0.3, 0.4) is 0 Å². The number of nitrogens with zero attached hydrogens (tertiary/aromatic N) is 2. The summed E-state index contributed by atoms with van der Waals surface area (Å²) in [6.07, 6.45) is 1.37. The van der Waals surface area contributed by atoms with E-state index in [9.17, 15) is 9.59 Å². The molecule has 0 atom stereocenters. The first-order chi connectivity index (χ1) is 13.4. The number of carbonyl (C=O) groups is 2. The molecule has 148 valence electrons. The molecule has 3 rings (SSSR count). The molecule has 0 bridgehead atoms. The van der Waals surface area contributed by atoms with Crippen LogP contribution in [-0.2, 0) is 11.3 Å². The van der Waals surface area contributed by atoms with Crippen LogP contribution >= 0.6 is 23.2 Å². The number of amides is 3. The van der Waals surface area contributed by atoms with Gasteiger partial charge in [0.2, 0.25) is 5.91 Å². The minimum Gasteiger partial charge on any atom is -0.318 e. The lowest BCUT2D eigenvalue weighted by molar-refractivity contribution is -0.117. The first-order valence-electron chi connectivity index (χ1n) is 9.27. The molecule has 3 amide bonds. The van der Waals surface area contributed by atoms with Gasteiger partial charge in [0.25, 0.3) is 0 Å². The number of hydrogen-bond acceptors (Lipinski definition) is 2. The van der Waals surface area contributed by atoms with Crippen molar-refractivity contribution >= 4 is 46.5 Å². The average molecular weight is 420 g/mol. The predicted molar refractivity (Wildman–Crippen MR) is 114 cm³/mol. The number of carbonyl (C=O) groups excluding carboxylic acids is 2. The summed E-state index contributed by atoms with van der Waals surface area (Å²) < 4.78 is 0. The summed E-state index contributed by atoms with van der Waals surface area (Å²) >= 11 is 12.1. The van der Waals surface area contributed by atoms with E-state index in [4.69, 9.17) is 23.2 Å². The molecule has 1 aliphatic heterocycles. The number of nitrogens with one attached hydrogen (secondary N) is 1. The van der Waals surface area contributed by atoms with Gasteiger partial charge < -0.3 is 15.1 Å². The zero-order valence-electron chi connectivity index (χ0n) is 15.9. The van der Waals surface area contributed by atoms with Gasteiger partial charge in [-0.25, -0.2) is 4.79 Å². The van der Waals surface area contributed by atoms with Gasteiger partial charge in [0.1, 0.15) is 0 Å². The summed E-state index contributed by atoms with van der Waals surface area (Å²) in [5.74, 6) is 0.0817. The lowest BCUT2D eigenvalue weighted by Crippen LogP contribution is -2.39. The van der Waals surface area contributed by atoms with E-state index >= 15 is 0 Å². The summed E-state index contributed by atoms with van der Waals surface area (Å²) in [5.41, 5.74) is 2.25. The van der Waals surface area contributed by atoms with E-state index in [0.29, 0.717) is 35.2 Å². The van der Waals surface area contributed by atoms with Crippen molar-refractivity contribution < 1.29 is 9.59 Å². The van der Waals surface area contributed by atoms with Crippen molar-refractivity contribution in [2.24, 2.45) is 0 Å². The Balaban J connectivity index is 1.80. The molecule has 5 nitrogen and oxygen atoms in total. The molecule has 2 aromatic carbocycles. The fourth-order valence-corrected chi connectivity index (χ4v) is 3.55. The SMILES string of the molecule is CC(C)N(Cc1ccc(Cl)c(Cl)c1)C(=O)Nc1ccccc1N1CCCC1=O. The molecular weight excluding hydrogens is 397 g/mol. The zero-order chi connectivity index (χ0) is 20.3. The second kappa shape index (κ2) is 8.84. The predicted octanol–water partition coefficient (Wildman–Crippen LogP) is 5.56. The Morgan fingerprint density at radius 2 is 1.93 bits per heavy atom. The van der Waals surface area contributed by atoms with Gasteiger partial charge in [-0.2, -0.15) is 0 Å². The third kappa shape index (κ3) is 4.59. The molecule has 0 unspecified atom stereocenters. The molecule has 1 heterocycles. The van der Waals surface area contributed by atoms with Crippen LogP contribution in [0, 0.1) is 0 Å². The molecule has 0 radical (unpaired) electrons. The maximum atomic E-state index is 13.0. The minimum atomic E-state index is -0.236. The van der Waals surface area contributed by atoms with Crippen molar-refractivity contribution in [1.29, 1.82) is 0 Å². The van der Waals surface area contributed by atoms with Gasteiger partial charge in [0.15, 0.2) is 0 Å². The van der Waals surface area contributed by atoms with Crippen molar-refractivity contribution in [3.05, 3.63) is 58.1 Å². The Kier molecular flexibility index (Phi) is 6.47. The molecule has 0 spiro atoms. The van der Waals surface area contributed by atoms with E-state index in [1.54, 1.807) is 21.9 Å². The Labute approximate surface area is 175 Å². The van der Waals surface area contributed by atoms with E-state index in [-0.39, 0.29) is 18.0 Å². The summed E-state index contributed by atoms with van der Waals surface area (Å²) in [4.78, 5) is 28.6. The maximum absolute atomic E-state index is 13.0. The summed E-state index contributed by atoms with van der Waals surface area (Å²) in [7, 11) is 0. The Hall–Kier alpha value is -2.24. The highest BCUT2D eigenvalue weighted by Crippen LogP contribution is 2.30. The van der Waals surface area contributed by atoms with Gasteiger partial charge in [-0.15, -0.1) is 0 Å². The van der Waals surface area contributed by atoms with Gasteiger partial charge in [-0.3, -0.25) is 4.79 Å². The Morgan fingerprint density at radius 3 is 2.57 bits per heavy atom. The highest BCUT2D eigenvalue weighted by Gasteiger charge is 2.25. The molecule has 1 N–H and O–H groups in total. The van der Waals surface area contributed by atoms with E-state index in [1.807, 2.05) is 44.2 Å². The highest BCUT2D eigenvalue weighted by atomic mass is 35.5. The highest BCUT2D eigenvalue weighted by molar-refractivity contribution is 6.42.